The first kappa shape index (κ1) is 42.8. The Morgan fingerprint density at radius 3 is 2.06 bits per heavy atom. The molecule has 7 atom stereocenters. The van der Waals surface area contributed by atoms with Crippen LogP contribution in [-0.2, 0) is 25.0 Å². The molecule has 5 aliphatic rings. The molecular weight excluding hydrogens is 833 g/mol. The minimum absolute atomic E-state index is 0.00720. The van der Waals surface area contributed by atoms with Crippen molar-refractivity contribution in [1.82, 2.24) is 35.5 Å². The number of carbonyl (C=O) groups excluding carboxylic acids is 4. The van der Waals surface area contributed by atoms with Crippen molar-refractivity contribution in [3.05, 3.63) is 83.6 Å². The zero-order valence-corrected chi connectivity index (χ0v) is 37.5. The van der Waals surface area contributed by atoms with Crippen molar-refractivity contribution < 1.29 is 37.4 Å². The van der Waals surface area contributed by atoms with Crippen LogP contribution in [0.25, 0.3) is 44.5 Å². The minimum Gasteiger partial charge on any atom is -0.453 e. The number of nitrogens with one attached hydrogen (secondary N) is 4. The summed E-state index contributed by atoms with van der Waals surface area (Å²) < 4.78 is 43.0. The van der Waals surface area contributed by atoms with Crippen molar-refractivity contribution in [3.8, 4) is 33.5 Å². The normalized spacial score (nSPS) is 24.0. The van der Waals surface area contributed by atoms with Gasteiger partial charge in [-0.05, 0) is 114 Å². The third-order valence-electron chi connectivity index (χ3n) is 15.2. The van der Waals surface area contributed by atoms with Gasteiger partial charge in [0.15, 0.2) is 5.78 Å². The average Bonchev–Trinajstić information content (AvgIpc) is 3.95. The number of hydrogen-bond donors (Lipinski definition) is 4. The number of methoxy groups -OCH3 is 2. The van der Waals surface area contributed by atoms with E-state index in [4.69, 9.17) is 19.4 Å². The summed E-state index contributed by atoms with van der Waals surface area (Å²) in [4.78, 5) is 71.0. The van der Waals surface area contributed by atoms with Gasteiger partial charge < -0.3 is 35.0 Å². The molecule has 1 spiro atoms. The fourth-order valence-corrected chi connectivity index (χ4v) is 11.6. The van der Waals surface area contributed by atoms with Crippen LogP contribution < -0.4 is 10.6 Å². The van der Waals surface area contributed by atoms with Crippen LogP contribution in [0.3, 0.4) is 0 Å². The number of ketones is 1. The number of amides is 3. The lowest BCUT2D eigenvalue weighted by Gasteiger charge is -2.32. The van der Waals surface area contributed by atoms with E-state index in [1.807, 2.05) is 58.0 Å². The number of alkyl halides is 2. The van der Waals surface area contributed by atoms with Crippen LogP contribution in [0, 0.1) is 35.0 Å². The van der Waals surface area contributed by atoms with Gasteiger partial charge in [-0.3, -0.25) is 9.59 Å². The number of imidazole rings is 2. The average molecular weight is 888 g/mol. The van der Waals surface area contributed by atoms with E-state index in [9.17, 15) is 19.2 Å². The van der Waals surface area contributed by atoms with Gasteiger partial charge in [0, 0.05) is 41.3 Å². The first-order chi connectivity index (χ1) is 31.1. The van der Waals surface area contributed by atoms with Crippen molar-refractivity contribution >= 4 is 34.9 Å². The molecule has 3 aromatic carbocycles. The van der Waals surface area contributed by atoms with E-state index in [1.165, 1.54) is 20.3 Å². The molecule has 1 aliphatic heterocycles. The summed E-state index contributed by atoms with van der Waals surface area (Å²) in [5, 5.41) is 5.48. The first-order valence-electron chi connectivity index (χ1n) is 22.9. The molecule has 4 N–H and O–H groups in total. The SMILES string of the molecule is COC(=O)NC(C(=O)N1CC2(CC2)C[C@H]1c1nc(-c2ccc3c(c2)C(F)(F)c2cc(-c4ccc5nc([C@H]6C(C(=O)[C@@H](NC(=O)OC)C(C)C)[C@@H]7CC[C@H]6C7)[nH]c5c4)ccc2-3)c[nH]1)C(C)C. The number of H-pyrrole nitrogens is 2. The van der Waals surface area contributed by atoms with Crippen LogP contribution in [0.2, 0.25) is 0 Å². The molecule has 5 aromatic rings. The first-order valence-corrected chi connectivity index (χ1v) is 22.9. The molecule has 10 rings (SSSR count). The molecule has 0 radical (unpaired) electrons. The van der Waals surface area contributed by atoms with Gasteiger partial charge >= 0.3 is 12.2 Å². The maximum absolute atomic E-state index is 16.7. The van der Waals surface area contributed by atoms with Crippen molar-refractivity contribution in [3.63, 3.8) is 0 Å². The topological polar surface area (TPSA) is 171 Å². The number of fused-ring (bicyclic) bond motifs is 6. The molecule has 4 aliphatic carbocycles. The highest BCUT2D eigenvalue weighted by Crippen LogP contribution is 2.59. The highest BCUT2D eigenvalue weighted by atomic mass is 19.3. The Morgan fingerprint density at radius 2 is 1.40 bits per heavy atom. The van der Waals surface area contributed by atoms with Crippen LogP contribution in [-0.4, -0.2) is 81.6 Å². The number of nitrogens with zero attached hydrogens (tertiary/aromatic N) is 3. The van der Waals surface area contributed by atoms with Crippen LogP contribution in [0.5, 0.6) is 0 Å². The molecule has 340 valence electrons. The lowest BCUT2D eigenvalue weighted by Crippen LogP contribution is -2.51. The maximum Gasteiger partial charge on any atom is 0.407 e. The van der Waals surface area contributed by atoms with Crippen molar-refractivity contribution in [2.24, 2.45) is 35.0 Å². The lowest BCUT2D eigenvalue weighted by molar-refractivity contribution is -0.135. The summed E-state index contributed by atoms with van der Waals surface area (Å²) in [5.41, 5.74) is 4.68. The minimum atomic E-state index is -3.29. The number of Topliss-reactive ketones (excluding diaryl/α,β-unsaturated/α-hetero) is 1. The quantitative estimate of drug-likeness (QED) is 0.102. The molecule has 13 nitrogen and oxygen atoms in total. The van der Waals surface area contributed by atoms with Gasteiger partial charge in [0.1, 0.15) is 17.7 Å². The van der Waals surface area contributed by atoms with Crippen LogP contribution in [0.4, 0.5) is 18.4 Å². The number of hydrogen-bond acceptors (Lipinski definition) is 8. The molecule has 1 saturated heterocycles. The van der Waals surface area contributed by atoms with Gasteiger partial charge in [-0.25, -0.2) is 19.6 Å². The highest BCUT2D eigenvalue weighted by Gasteiger charge is 2.56. The summed E-state index contributed by atoms with van der Waals surface area (Å²) in [6.45, 7) is 8.14. The summed E-state index contributed by atoms with van der Waals surface area (Å²) in [7, 11) is 2.56. The molecule has 2 unspecified atom stereocenters. The summed E-state index contributed by atoms with van der Waals surface area (Å²) in [6.07, 6.45) is 6.04. The number of halogens is 2. The Hall–Kier alpha value is -6.12. The smallest absolute Gasteiger partial charge is 0.407 e. The number of aromatic amines is 2. The van der Waals surface area contributed by atoms with Crippen LogP contribution >= 0.6 is 0 Å². The van der Waals surface area contributed by atoms with Gasteiger partial charge in [0.25, 0.3) is 5.92 Å². The molecule has 3 heterocycles. The van der Waals surface area contributed by atoms with Crippen molar-refractivity contribution in [2.75, 3.05) is 20.8 Å². The monoisotopic (exact) mass is 887 g/mol. The van der Waals surface area contributed by atoms with E-state index >= 15 is 8.78 Å². The van der Waals surface area contributed by atoms with E-state index in [-0.39, 0.29) is 63.9 Å². The fraction of sp³-hybridized carbons (Fsp3) is 0.480. The Morgan fingerprint density at radius 1 is 0.785 bits per heavy atom. The fourth-order valence-electron chi connectivity index (χ4n) is 11.6. The third-order valence-corrected chi connectivity index (χ3v) is 15.2. The second kappa shape index (κ2) is 15.8. The van der Waals surface area contributed by atoms with Crippen molar-refractivity contribution in [1.29, 1.82) is 0 Å². The number of aromatic nitrogens is 4. The molecule has 2 aromatic heterocycles. The second-order valence-corrected chi connectivity index (χ2v) is 19.8. The summed E-state index contributed by atoms with van der Waals surface area (Å²) in [6, 6.07) is 14.2. The van der Waals surface area contributed by atoms with E-state index in [0.717, 1.165) is 60.9 Å². The summed E-state index contributed by atoms with van der Waals surface area (Å²) in [5.74, 6) is -2.37. The molecule has 3 saturated carbocycles. The van der Waals surface area contributed by atoms with Gasteiger partial charge in [-0.15, -0.1) is 0 Å². The number of alkyl carbamates (subject to hydrolysis) is 2. The zero-order valence-electron chi connectivity index (χ0n) is 37.5. The Kier molecular flexibility index (Phi) is 10.4. The zero-order chi connectivity index (χ0) is 45.7. The number of ether oxygens (including phenoxy) is 2. The van der Waals surface area contributed by atoms with Gasteiger partial charge in [0.05, 0.1) is 43.0 Å². The predicted molar refractivity (Wildman–Crippen MR) is 239 cm³/mol. The van der Waals surface area contributed by atoms with Crippen molar-refractivity contribution in [2.45, 2.75) is 96.2 Å². The standard InChI is InChI=1S/C50H55F2N7O6/c1-24(2)41(57-47(62)64-5)43(60)39-29-7-8-30(17-29)40(39)45-54-35-14-11-27(20-36(35)55-45)26-9-12-31-32-13-10-28(19-34(32)50(51,52)33(31)18-26)37-22-53-44(56-37)38-21-49(15-16-49)23-59(38)46(61)42(25(3)4)58-48(63)65-6/h9-14,18-20,22,24-25,29-30,38-42H,7-8,15-17,21,23H2,1-6H3,(H,53,56)(H,54,55)(H,57,62)(H,58,63)/t29-,30+,38+,39?,40-,41+,42?/m1/s1. The molecule has 65 heavy (non-hydrogen) atoms. The third kappa shape index (κ3) is 7.25. The molecule has 15 heteroatoms. The molecule has 3 amide bonds. The van der Waals surface area contributed by atoms with E-state index in [2.05, 4.69) is 20.6 Å². The lowest BCUT2D eigenvalue weighted by atomic mass is 9.73. The summed E-state index contributed by atoms with van der Waals surface area (Å²) >= 11 is 0. The molecular formula is C50H55F2N7O6. The number of benzene rings is 3. The Balaban J connectivity index is 0.896. The predicted octanol–water partition coefficient (Wildman–Crippen LogP) is 9.25. The van der Waals surface area contributed by atoms with E-state index < -0.39 is 30.2 Å². The Bertz CT molecular complexity index is 2740. The molecule has 2 bridgehead atoms. The van der Waals surface area contributed by atoms with E-state index in [0.29, 0.717) is 46.2 Å². The highest BCUT2D eigenvalue weighted by molar-refractivity contribution is 5.92. The number of rotatable bonds is 11. The van der Waals surface area contributed by atoms with Crippen LogP contribution in [0.15, 0.2) is 60.8 Å². The Labute approximate surface area is 375 Å². The van der Waals surface area contributed by atoms with Gasteiger partial charge in [0.2, 0.25) is 5.91 Å². The largest absolute Gasteiger partial charge is 0.453 e. The van der Waals surface area contributed by atoms with Gasteiger partial charge in [-0.1, -0.05) is 58.0 Å². The van der Waals surface area contributed by atoms with Crippen LogP contribution in [0.1, 0.15) is 101 Å². The number of likely N-dealkylation sites (tertiary alicyclic amines) is 1. The van der Waals surface area contributed by atoms with E-state index in [1.54, 1.807) is 29.3 Å². The van der Waals surface area contributed by atoms with Gasteiger partial charge in [-0.2, -0.15) is 8.78 Å². The number of carbonyl (C=O) groups is 4. The molecule has 4 fully saturated rings. The second-order valence-electron chi connectivity index (χ2n) is 19.8. The maximum atomic E-state index is 16.7.